The summed E-state index contributed by atoms with van der Waals surface area (Å²) in [5, 5.41) is 3.15. The van der Waals surface area contributed by atoms with Gasteiger partial charge in [-0.1, -0.05) is 42.5 Å². The fourth-order valence-electron chi connectivity index (χ4n) is 8.37. The maximum absolute atomic E-state index is 13.6. The monoisotopic (exact) mass is 767 g/mol. The first-order chi connectivity index (χ1) is 27.8. The molecule has 0 spiro atoms. The zero-order chi connectivity index (χ0) is 39.6. The minimum Gasteiger partial charge on any atom is -0.493 e. The van der Waals surface area contributed by atoms with Crippen LogP contribution in [-0.4, -0.2) is 71.3 Å². The van der Waals surface area contributed by atoms with Crippen LogP contribution in [0.1, 0.15) is 51.0 Å². The van der Waals surface area contributed by atoms with Gasteiger partial charge in [0.1, 0.15) is 5.75 Å². The van der Waals surface area contributed by atoms with Crippen LogP contribution in [0.2, 0.25) is 0 Å². The molecule has 4 heterocycles. The number of benzene rings is 5. The fourth-order valence-corrected chi connectivity index (χ4v) is 8.37. The molecule has 294 valence electrons. The summed E-state index contributed by atoms with van der Waals surface area (Å²) in [6.45, 7) is 1.71. The van der Waals surface area contributed by atoms with Crippen molar-refractivity contribution >= 4 is 17.7 Å². The summed E-state index contributed by atoms with van der Waals surface area (Å²) >= 11 is 0. The molecule has 0 fully saturated rings. The Hall–Kier alpha value is -5.97. The summed E-state index contributed by atoms with van der Waals surface area (Å²) in [6, 6.07) is 28.0. The molecule has 0 saturated carbocycles. The highest BCUT2D eigenvalue weighted by atomic mass is 16.5. The van der Waals surface area contributed by atoms with Gasteiger partial charge in [0.2, 0.25) is 11.7 Å². The highest BCUT2D eigenvalue weighted by Gasteiger charge is 2.35. The number of likely N-dealkylation sites (N-methyl/N-ethyl adjacent to an activating group) is 2. The second kappa shape index (κ2) is 16.3. The highest BCUT2D eigenvalue weighted by molar-refractivity contribution is 6.02. The Morgan fingerprint density at radius 2 is 1.37 bits per heavy atom. The number of hydrogen-bond donors (Lipinski definition) is 1. The normalized spacial score (nSPS) is 17.7. The number of amides is 1. The number of rotatable bonds is 7. The summed E-state index contributed by atoms with van der Waals surface area (Å²) in [5.74, 6) is 4.37. The summed E-state index contributed by atoms with van der Waals surface area (Å²) in [5.41, 5.74) is 8.08. The molecule has 0 aliphatic carbocycles. The molecule has 0 radical (unpaired) electrons. The van der Waals surface area contributed by atoms with Crippen LogP contribution < -0.4 is 33.7 Å². The average molecular weight is 768 g/mol. The van der Waals surface area contributed by atoms with Gasteiger partial charge >= 0.3 is 0 Å². The van der Waals surface area contributed by atoms with E-state index in [1.165, 1.54) is 16.7 Å². The van der Waals surface area contributed by atoms with Crippen molar-refractivity contribution in [2.45, 2.75) is 37.8 Å². The van der Waals surface area contributed by atoms with E-state index in [9.17, 15) is 4.79 Å². The standard InChI is InChI=1S/C47H49N3O7/c1-49-20-18-31-24-39(52-3)42-27-35(31)37(49)22-30-12-15-34(16-13-30)56-41-26-33(36(28-40(41)53-4)48-44(51)17-14-29-10-8-7-9-11-29)23-38-45-32(19-21-50(38)2)25-43(54-5)46(55-6)47(45)57-42/h7-17,24-28,37-38H,18-23H2,1-6H3,(H,48,51)/b17-14+/t37-,38-/m0/s1. The smallest absolute Gasteiger partial charge is 0.248 e. The van der Waals surface area contributed by atoms with Crippen molar-refractivity contribution in [2.75, 3.05) is 60.9 Å². The maximum Gasteiger partial charge on any atom is 0.248 e. The Labute approximate surface area is 334 Å². The number of hydrogen-bond acceptors (Lipinski definition) is 9. The molecule has 5 aromatic carbocycles. The molecule has 1 N–H and O–H groups in total. The van der Waals surface area contributed by atoms with E-state index >= 15 is 0 Å². The molecule has 0 unspecified atom stereocenters. The molecule has 6 bridgehead atoms. The van der Waals surface area contributed by atoms with Gasteiger partial charge in [-0.2, -0.15) is 0 Å². The lowest BCUT2D eigenvalue weighted by Gasteiger charge is -2.37. The number of nitrogens with zero attached hydrogens (tertiary/aromatic N) is 2. The van der Waals surface area contributed by atoms with E-state index in [1.54, 1.807) is 40.6 Å². The lowest BCUT2D eigenvalue weighted by molar-refractivity contribution is -0.111. The third-order valence-corrected chi connectivity index (χ3v) is 11.5. The molecule has 10 heteroatoms. The molecule has 4 aliphatic heterocycles. The first-order valence-electron chi connectivity index (χ1n) is 19.4. The Morgan fingerprint density at radius 3 is 2.09 bits per heavy atom. The predicted molar refractivity (Wildman–Crippen MR) is 222 cm³/mol. The van der Waals surface area contributed by atoms with Crippen LogP contribution >= 0.6 is 0 Å². The van der Waals surface area contributed by atoms with E-state index in [1.807, 2.05) is 54.6 Å². The van der Waals surface area contributed by atoms with Gasteiger partial charge in [-0.3, -0.25) is 14.6 Å². The van der Waals surface area contributed by atoms with Gasteiger partial charge in [0.15, 0.2) is 34.5 Å². The molecule has 9 rings (SSSR count). The van der Waals surface area contributed by atoms with E-state index < -0.39 is 0 Å². The zero-order valence-electron chi connectivity index (χ0n) is 33.4. The topological polar surface area (TPSA) is 91.0 Å². The highest BCUT2D eigenvalue weighted by Crippen LogP contribution is 2.52. The molecular formula is C47H49N3O7. The second-order valence-electron chi connectivity index (χ2n) is 14.9. The van der Waals surface area contributed by atoms with Crippen molar-refractivity contribution in [3.8, 4) is 46.0 Å². The van der Waals surface area contributed by atoms with Gasteiger partial charge in [-0.15, -0.1) is 0 Å². The largest absolute Gasteiger partial charge is 0.493 e. The molecule has 4 aliphatic rings. The molecule has 0 aromatic heterocycles. The van der Waals surface area contributed by atoms with Crippen LogP contribution in [0.5, 0.6) is 46.0 Å². The summed E-state index contributed by atoms with van der Waals surface area (Å²) < 4.78 is 37.7. The van der Waals surface area contributed by atoms with Crippen LogP contribution in [0.25, 0.3) is 6.08 Å². The molecule has 5 aromatic rings. The minimum atomic E-state index is -0.267. The number of carbonyl (C=O) groups excluding carboxylic acids is 1. The first-order valence-corrected chi connectivity index (χ1v) is 19.4. The zero-order valence-corrected chi connectivity index (χ0v) is 33.4. The van der Waals surface area contributed by atoms with E-state index in [4.69, 9.17) is 28.4 Å². The molecule has 10 nitrogen and oxygen atoms in total. The number of carbonyl (C=O) groups is 1. The van der Waals surface area contributed by atoms with Gasteiger partial charge in [0.25, 0.3) is 0 Å². The summed E-state index contributed by atoms with van der Waals surface area (Å²) in [4.78, 5) is 18.3. The minimum absolute atomic E-state index is 0.112. The van der Waals surface area contributed by atoms with Gasteiger partial charge in [0, 0.05) is 48.6 Å². The number of anilines is 1. The molecular weight excluding hydrogens is 719 g/mol. The Bertz CT molecular complexity index is 2310. The van der Waals surface area contributed by atoms with Crippen molar-refractivity contribution in [3.05, 3.63) is 130 Å². The number of nitrogens with one attached hydrogen (secondary N) is 1. The van der Waals surface area contributed by atoms with E-state index in [-0.39, 0.29) is 18.0 Å². The van der Waals surface area contributed by atoms with Crippen molar-refractivity contribution in [2.24, 2.45) is 0 Å². The van der Waals surface area contributed by atoms with Crippen molar-refractivity contribution in [1.29, 1.82) is 0 Å². The van der Waals surface area contributed by atoms with Crippen LogP contribution in [0, 0.1) is 0 Å². The van der Waals surface area contributed by atoms with Crippen LogP contribution in [0.15, 0.2) is 91.0 Å². The number of ether oxygens (including phenoxy) is 6. The quantitative estimate of drug-likeness (QED) is 0.163. The first kappa shape index (κ1) is 37.9. The van der Waals surface area contributed by atoms with Gasteiger partial charge in [0.05, 0.1) is 28.4 Å². The van der Waals surface area contributed by atoms with E-state index in [0.717, 1.165) is 54.6 Å². The van der Waals surface area contributed by atoms with E-state index in [2.05, 4.69) is 59.5 Å². The SMILES string of the molecule is COc1cc(NC(=O)/C=C/c2ccccc2)c2cc1Oc1ccc(cc1)C[C@H]1c3cc(c(OC)cc3CCN1C)Oc1c(OC)c(OC)cc3c1[C@H](C2)N(C)CC3. The average Bonchev–Trinajstić information content (AvgIpc) is 3.23. The van der Waals surface area contributed by atoms with Crippen molar-refractivity contribution < 1.29 is 33.2 Å². The van der Waals surface area contributed by atoms with Crippen LogP contribution in [-0.2, 0) is 30.5 Å². The van der Waals surface area contributed by atoms with Crippen molar-refractivity contribution in [1.82, 2.24) is 9.80 Å². The summed E-state index contributed by atoms with van der Waals surface area (Å²) in [6.07, 6.45) is 6.29. The number of methoxy groups -OCH3 is 4. The van der Waals surface area contributed by atoms with Gasteiger partial charge in [-0.25, -0.2) is 0 Å². The van der Waals surface area contributed by atoms with Gasteiger partial charge in [-0.05, 0) is 116 Å². The number of fused-ring (bicyclic) bond motifs is 2. The lowest BCUT2D eigenvalue weighted by atomic mass is 9.86. The Balaban J connectivity index is 1.32. The second-order valence-corrected chi connectivity index (χ2v) is 14.9. The molecule has 0 saturated heterocycles. The fraction of sp³-hybridized carbons (Fsp3) is 0.298. The van der Waals surface area contributed by atoms with Crippen molar-refractivity contribution in [3.63, 3.8) is 0 Å². The van der Waals surface area contributed by atoms with Crippen LogP contribution in [0.3, 0.4) is 0 Å². The van der Waals surface area contributed by atoms with E-state index in [0.29, 0.717) is 58.1 Å². The van der Waals surface area contributed by atoms with Gasteiger partial charge < -0.3 is 33.7 Å². The summed E-state index contributed by atoms with van der Waals surface area (Å²) in [7, 11) is 10.9. The molecule has 1 amide bonds. The molecule has 57 heavy (non-hydrogen) atoms. The molecule has 2 atom stereocenters. The maximum atomic E-state index is 13.6. The van der Waals surface area contributed by atoms with Crippen LogP contribution in [0.4, 0.5) is 5.69 Å². The third kappa shape index (κ3) is 7.62. The lowest BCUT2D eigenvalue weighted by Crippen LogP contribution is -2.34. The Kier molecular flexibility index (Phi) is 10.8. The predicted octanol–water partition coefficient (Wildman–Crippen LogP) is 8.81. The Morgan fingerprint density at radius 1 is 0.702 bits per heavy atom. The third-order valence-electron chi connectivity index (χ3n) is 11.5.